The molecule has 2 unspecified atom stereocenters. The molecule has 2 atom stereocenters. The van der Waals surface area contributed by atoms with Gasteiger partial charge in [-0.3, -0.25) is 0 Å². The van der Waals surface area contributed by atoms with Crippen molar-refractivity contribution >= 4 is 11.6 Å². The number of hydrogen-bond acceptors (Lipinski definition) is 3. The van der Waals surface area contributed by atoms with Gasteiger partial charge in [-0.1, -0.05) is 38.4 Å². The Morgan fingerprint density at radius 3 is 2.65 bits per heavy atom. The smallest absolute Gasteiger partial charge is 0.133 e. The summed E-state index contributed by atoms with van der Waals surface area (Å²) in [6.45, 7) is 8.59. The fourth-order valence-electron chi connectivity index (χ4n) is 1.43. The Morgan fingerprint density at radius 1 is 1.47 bits per heavy atom. The fourth-order valence-corrected chi connectivity index (χ4v) is 1.71. The maximum atomic E-state index is 9.94. The number of pyridine rings is 1. The van der Waals surface area contributed by atoms with E-state index in [4.69, 9.17) is 11.6 Å². The van der Waals surface area contributed by atoms with Crippen molar-refractivity contribution < 1.29 is 5.11 Å². The maximum Gasteiger partial charge on any atom is 0.133 e. The molecule has 0 amide bonds. The fraction of sp³-hybridized carbons (Fsp3) is 0.615. The molecule has 1 aromatic rings. The third kappa shape index (κ3) is 4.26. The van der Waals surface area contributed by atoms with Gasteiger partial charge in [-0.15, -0.1) is 0 Å². The van der Waals surface area contributed by atoms with Gasteiger partial charge in [0.05, 0.1) is 6.10 Å². The van der Waals surface area contributed by atoms with E-state index in [2.05, 4.69) is 10.3 Å². The van der Waals surface area contributed by atoms with E-state index in [1.165, 1.54) is 0 Å². The quantitative estimate of drug-likeness (QED) is 0.815. The molecule has 0 saturated carbocycles. The van der Waals surface area contributed by atoms with Crippen molar-refractivity contribution in [2.45, 2.75) is 39.8 Å². The summed E-state index contributed by atoms with van der Waals surface area (Å²) in [5.74, 6) is 0. The molecular weight excluding hydrogens is 236 g/mol. The molecule has 17 heavy (non-hydrogen) atoms. The number of nitrogens with zero attached hydrogens (tertiary/aromatic N) is 1. The Kier molecular flexibility index (Phi) is 4.92. The second kappa shape index (κ2) is 5.80. The van der Waals surface area contributed by atoms with Crippen molar-refractivity contribution in [2.75, 3.05) is 6.54 Å². The van der Waals surface area contributed by atoms with Gasteiger partial charge in [0.1, 0.15) is 5.15 Å². The molecule has 0 aliphatic carbocycles. The summed E-state index contributed by atoms with van der Waals surface area (Å²) in [5.41, 5.74) is 0.834. The highest BCUT2D eigenvalue weighted by atomic mass is 35.5. The number of aromatic nitrogens is 1. The monoisotopic (exact) mass is 256 g/mol. The number of aliphatic hydroxyl groups is 1. The summed E-state index contributed by atoms with van der Waals surface area (Å²) in [6, 6.07) is 3.88. The first kappa shape index (κ1) is 14.4. The average molecular weight is 257 g/mol. The van der Waals surface area contributed by atoms with Crippen molar-refractivity contribution in [3.8, 4) is 0 Å². The predicted molar refractivity (Wildman–Crippen MR) is 71.1 cm³/mol. The molecule has 0 saturated heterocycles. The highest BCUT2D eigenvalue weighted by molar-refractivity contribution is 6.30. The number of aliphatic hydroxyl groups excluding tert-OH is 1. The van der Waals surface area contributed by atoms with Gasteiger partial charge < -0.3 is 10.4 Å². The van der Waals surface area contributed by atoms with E-state index in [1.807, 2.05) is 39.8 Å². The van der Waals surface area contributed by atoms with Gasteiger partial charge in [0.25, 0.3) is 0 Å². The van der Waals surface area contributed by atoms with Crippen LogP contribution in [0.4, 0.5) is 0 Å². The first-order valence-electron chi connectivity index (χ1n) is 5.84. The van der Waals surface area contributed by atoms with Crippen LogP contribution in [0.3, 0.4) is 0 Å². The molecule has 0 spiro atoms. The predicted octanol–water partition coefficient (Wildman–Crippen LogP) is 2.79. The number of hydrogen-bond donors (Lipinski definition) is 2. The zero-order valence-corrected chi connectivity index (χ0v) is 11.6. The zero-order valence-electron chi connectivity index (χ0n) is 10.9. The van der Waals surface area contributed by atoms with Crippen molar-refractivity contribution in [2.24, 2.45) is 5.41 Å². The first-order chi connectivity index (χ1) is 7.82. The molecule has 1 aromatic heterocycles. The van der Waals surface area contributed by atoms with E-state index >= 15 is 0 Å². The molecule has 1 heterocycles. The number of nitrogens with one attached hydrogen (secondary N) is 1. The second-order valence-corrected chi connectivity index (χ2v) is 5.75. The number of rotatable bonds is 4. The lowest BCUT2D eigenvalue weighted by Crippen LogP contribution is -2.37. The first-order valence-corrected chi connectivity index (χ1v) is 6.22. The Balaban J connectivity index is 2.57. The molecule has 96 valence electrons. The van der Waals surface area contributed by atoms with Crippen LogP contribution in [0.2, 0.25) is 5.15 Å². The van der Waals surface area contributed by atoms with Crippen LogP contribution in [0.5, 0.6) is 0 Å². The largest absolute Gasteiger partial charge is 0.391 e. The van der Waals surface area contributed by atoms with E-state index < -0.39 is 0 Å². The lowest BCUT2D eigenvalue weighted by molar-refractivity contribution is 0.0609. The van der Waals surface area contributed by atoms with E-state index in [-0.39, 0.29) is 17.6 Å². The lowest BCUT2D eigenvalue weighted by atomic mass is 9.89. The normalized spacial score (nSPS) is 15.6. The van der Waals surface area contributed by atoms with E-state index in [0.29, 0.717) is 11.7 Å². The second-order valence-electron chi connectivity index (χ2n) is 5.40. The summed E-state index contributed by atoms with van der Waals surface area (Å²) >= 11 is 6.01. The van der Waals surface area contributed by atoms with Gasteiger partial charge in [0.2, 0.25) is 0 Å². The Hall–Kier alpha value is -0.640. The van der Waals surface area contributed by atoms with Gasteiger partial charge in [-0.2, -0.15) is 0 Å². The molecule has 1 rings (SSSR count). The van der Waals surface area contributed by atoms with Crippen molar-refractivity contribution in [3.05, 3.63) is 29.0 Å². The number of halogens is 1. The highest BCUT2D eigenvalue weighted by Crippen LogP contribution is 2.22. The molecule has 3 nitrogen and oxygen atoms in total. The topological polar surface area (TPSA) is 45.1 Å². The average Bonchev–Trinajstić information content (AvgIpc) is 2.24. The van der Waals surface area contributed by atoms with Crippen LogP contribution in [0.1, 0.15) is 39.3 Å². The van der Waals surface area contributed by atoms with E-state index in [0.717, 1.165) is 5.56 Å². The minimum Gasteiger partial charge on any atom is -0.391 e. The van der Waals surface area contributed by atoms with Crippen LogP contribution in [0, 0.1) is 5.41 Å². The molecule has 4 heteroatoms. The molecule has 0 aliphatic rings. The minimum absolute atomic E-state index is 0.0770. The summed E-state index contributed by atoms with van der Waals surface area (Å²) in [5, 5.41) is 13.7. The lowest BCUT2D eigenvalue weighted by Gasteiger charge is -2.27. The molecule has 0 radical (unpaired) electrons. The molecule has 0 fully saturated rings. The molecule has 2 N–H and O–H groups in total. The molecule has 0 aliphatic heterocycles. The van der Waals surface area contributed by atoms with Crippen LogP contribution < -0.4 is 5.32 Å². The highest BCUT2D eigenvalue weighted by Gasteiger charge is 2.22. The summed E-state index contributed by atoms with van der Waals surface area (Å²) in [4.78, 5) is 4.04. The van der Waals surface area contributed by atoms with Crippen molar-refractivity contribution in [1.29, 1.82) is 0 Å². The summed E-state index contributed by atoms with van der Waals surface area (Å²) in [7, 11) is 0. The standard InChI is InChI=1S/C13H21ClN2O/c1-9(10-6-5-7-15-12(10)14)16-8-11(17)13(2,3)4/h5-7,9,11,16-17H,8H2,1-4H3. The summed E-state index contributed by atoms with van der Waals surface area (Å²) in [6.07, 6.45) is 1.28. The molecule has 0 aromatic carbocycles. The van der Waals surface area contributed by atoms with Gasteiger partial charge in [-0.05, 0) is 18.4 Å². The van der Waals surface area contributed by atoms with Crippen molar-refractivity contribution in [3.63, 3.8) is 0 Å². The zero-order chi connectivity index (χ0) is 13.1. The van der Waals surface area contributed by atoms with Gasteiger partial charge >= 0.3 is 0 Å². The van der Waals surface area contributed by atoms with Crippen LogP contribution in [0.25, 0.3) is 0 Å². The SMILES string of the molecule is CC(NCC(O)C(C)(C)C)c1cccnc1Cl. The summed E-state index contributed by atoms with van der Waals surface area (Å²) < 4.78 is 0. The molecular formula is C13H21ClN2O. The van der Waals surface area contributed by atoms with Gasteiger partial charge in [0.15, 0.2) is 0 Å². The van der Waals surface area contributed by atoms with Gasteiger partial charge in [-0.25, -0.2) is 4.98 Å². The maximum absolute atomic E-state index is 9.94. The van der Waals surface area contributed by atoms with Crippen LogP contribution in [-0.4, -0.2) is 22.7 Å². The van der Waals surface area contributed by atoms with Crippen LogP contribution >= 0.6 is 11.6 Å². The van der Waals surface area contributed by atoms with Crippen LogP contribution in [0.15, 0.2) is 18.3 Å². The van der Waals surface area contributed by atoms with Crippen LogP contribution in [-0.2, 0) is 0 Å². The Morgan fingerprint density at radius 2 is 2.12 bits per heavy atom. The van der Waals surface area contributed by atoms with E-state index in [9.17, 15) is 5.11 Å². The Bertz CT molecular complexity index is 363. The van der Waals surface area contributed by atoms with Gasteiger partial charge in [0, 0.05) is 24.3 Å². The van der Waals surface area contributed by atoms with Crippen molar-refractivity contribution in [1.82, 2.24) is 10.3 Å². The Labute approximate surface area is 108 Å². The third-order valence-electron chi connectivity index (χ3n) is 2.87. The molecule has 0 bridgehead atoms. The van der Waals surface area contributed by atoms with E-state index in [1.54, 1.807) is 6.20 Å². The third-order valence-corrected chi connectivity index (χ3v) is 3.19. The minimum atomic E-state index is -0.389.